The lowest BCUT2D eigenvalue weighted by Gasteiger charge is -2.07. The summed E-state index contributed by atoms with van der Waals surface area (Å²) in [5, 5.41) is 7.55. The van der Waals surface area contributed by atoms with E-state index < -0.39 is 5.91 Å². The Morgan fingerprint density at radius 1 is 1.42 bits per heavy atom. The van der Waals surface area contributed by atoms with Crippen LogP contribution in [0.4, 0.5) is 0 Å². The molecule has 0 aliphatic heterocycles. The predicted octanol–water partition coefficient (Wildman–Crippen LogP) is 3.33. The number of methoxy groups -OCH3 is 1. The minimum atomic E-state index is -0.390. The number of hydrogen-bond acceptors (Lipinski definition) is 6. The van der Waals surface area contributed by atoms with Crippen molar-refractivity contribution >= 4 is 16.9 Å². The fraction of sp³-hybridized carbons (Fsp3) is 0.353. The molecule has 2 aromatic heterocycles. The standard InChI is InChI=1S/C17H19N3O4/c1-5-9(2)18-16(21)17-19-15(20-24-17)14-10(3)12-8-11(22-4)6-7-13(12)23-14/h6-9H,5H2,1-4H3,(H,18,21). The number of aryl methyl sites for hydroxylation is 1. The molecule has 7 nitrogen and oxygen atoms in total. The first kappa shape index (κ1) is 16.0. The Kier molecular flexibility index (Phi) is 4.24. The van der Waals surface area contributed by atoms with E-state index in [1.807, 2.05) is 39.0 Å². The monoisotopic (exact) mass is 329 g/mol. The molecule has 0 saturated carbocycles. The summed E-state index contributed by atoms with van der Waals surface area (Å²) in [7, 11) is 1.61. The zero-order chi connectivity index (χ0) is 17.3. The minimum absolute atomic E-state index is 0.0354. The molecule has 1 atom stereocenters. The maximum atomic E-state index is 12.0. The van der Waals surface area contributed by atoms with Crippen LogP contribution in [0.5, 0.6) is 5.75 Å². The number of nitrogens with one attached hydrogen (secondary N) is 1. The number of rotatable bonds is 5. The number of nitrogens with zero attached hydrogens (tertiary/aromatic N) is 2. The minimum Gasteiger partial charge on any atom is -0.497 e. The van der Waals surface area contributed by atoms with E-state index in [1.54, 1.807) is 7.11 Å². The fourth-order valence-corrected chi connectivity index (χ4v) is 2.34. The van der Waals surface area contributed by atoms with Gasteiger partial charge < -0.3 is 19.0 Å². The molecule has 0 aliphatic carbocycles. The predicted molar refractivity (Wildman–Crippen MR) is 88.0 cm³/mol. The molecular formula is C17H19N3O4. The Balaban J connectivity index is 1.94. The van der Waals surface area contributed by atoms with Crippen LogP contribution in [-0.4, -0.2) is 29.2 Å². The molecule has 3 aromatic rings. The first-order chi connectivity index (χ1) is 11.5. The van der Waals surface area contributed by atoms with Crippen LogP contribution in [0, 0.1) is 6.92 Å². The lowest BCUT2D eigenvalue weighted by molar-refractivity contribution is 0.0895. The third kappa shape index (κ3) is 2.84. The van der Waals surface area contributed by atoms with Crippen molar-refractivity contribution in [3.8, 4) is 17.3 Å². The quantitative estimate of drug-likeness (QED) is 0.772. The van der Waals surface area contributed by atoms with Crippen LogP contribution in [-0.2, 0) is 0 Å². The van der Waals surface area contributed by atoms with Gasteiger partial charge in [-0.05, 0) is 38.5 Å². The number of fused-ring (bicyclic) bond motifs is 1. The van der Waals surface area contributed by atoms with Gasteiger partial charge in [0.15, 0.2) is 5.76 Å². The highest BCUT2D eigenvalue weighted by atomic mass is 16.5. The number of amides is 1. The highest BCUT2D eigenvalue weighted by molar-refractivity contribution is 5.91. The SMILES string of the molecule is CCC(C)NC(=O)c1nc(-c2oc3ccc(OC)cc3c2C)no1. The number of benzene rings is 1. The molecule has 1 aromatic carbocycles. The lowest BCUT2D eigenvalue weighted by atomic mass is 10.1. The van der Waals surface area contributed by atoms with E-state index in [0.717, 1.165) is 23.1 Å². The molecule has 0 aliphatic rings. The molecule has 1 N–H and O–H groups in total. The van der Waals surface area contributed by atoms with E-state index in [-0.39, 0.29) is 17.8 Å². The molecule has 7 heteroatoms. The average molecular weight is 329 g/mol. The second-order valence-electron chi connectivity index (χ2n) is 5.62. The van der Waals surface area contributed by atoms with Crippen LogP contribution < -0.4 is 10.1 Å². The third-order valence-corrected chi connectivity index (χ3v) is 3.96. The number of ether oxygens (including phenoxy) is 1. The number of carbonyl (C=O) groups is 1. The van der Waals surface area contributed by atoms with Gasteiger partial charge in [-0.15, -0.1) is 0 Å². The van der Waals surface area contributed by atoms with Gasteiger partial charge in [0.25, 0.3) is 0 Å². The van der Waals surface area contributed by atoms with Gasteiger partial charge in [-0.1, -0.05) is 12.1 Å². The molecule has 0 spiro atoms. The van der Waals surface area contributed by atoms with E-state index in [1.165, 1.54) is 0 Å². The number of furan rings is 1. The van der Waals surface area contributed by atoms with Crippen molar-refractivity contribution in [1.82, 2.24) is 15.5 Å². The zero-order valence-electron chi connectivity index (χ0n) is 14.0. The van der Waals surface area contributed by atoms with Gasteiger partial charge >= 0.3 is 11.8 Å². The Hall–Kier alpha value is -2.83. The van der Waals surface area contributed by atoms with Crippen LogP contribution in [0.15, 0.2) is 27.1 Å². The molecule has 0 bridgehead atoms. The highest BCUT2D eigenvalue weighted by Gasteiger charge is 2.22. The Morgan fingerprint density at radius 2 is 2.21 bits per heavy atom. The van der Waals surface area contributed by atoms with Crippen molar-refractivity contribution in [3.63, 3.8) is 0 Å². The summed E-state index contributed by atoms with van der Waals surface area (Å²) in [4.78, 5) is 16.2. The smallest absolute Gasteiger partial charge is 0.316 e. The molecule has 0 radical (unpaired) electrons. The van der Waals surface area contributed by atoms with E-state index in [4.69, 9.17) is 13.7 Å². The number of carbonyl (C=O) groups excluding carboxylic acids is 1. The van der Waals surface area contributed by atoms with Gasteiger partial charge in [-0.2, -0.15) is 4.98 Å². The third-order valence-electron chi connectivity index (χ3n) is 3.96. The van der Waals surface area contributed by atoms with Crippen LogP contribution in [0.2, 0.25) is 0 Å². The van der Waals surface area contributed by atoms with E-state index in [0.29, 0.717) is 11.3 Å². The maximum absolute atomic E-state index is 12.0. The molecule has 126 valence electrons. The highest BCUT2D eigenvalue weighted by Crippen LogP contribution is 2.33. The Bertz CT molecular complexity index is 881. The molecule has 2 heterocycles. The first-order valence-electron chi connectivity index (χ1n) is 7.75. The summed E-state index contributed by atoms with van der Waals surface area (Å²) < 4.78 is 16.1. The van der Waals surface area contributed by atoms with Crippen LogP contribution in [0.3, 0.4) is 0 Å². The summed E-state index contributed by atoms with van der Waals surface area (Å²) in [6.45, 7) is 5.79. The van der Waals surface area contributed by atoms with Crippen molar-refractivity contribution in [3.05, 3.63) is 29.7 Å². The number of aromatic nitrogens is 2. The van der Waals surface area contributed by atoms with Gasteiger partial charge in [0.2, 0.25) is 5.82 Å². The molecule has 24 heavy (non-hydrogen) atoms. The number of hydrogen-bond donors (Lipinski definition) is 1. The van der Waals surface area contributed by atoms with E-state index >= 15 is 0 Å². The second-order valence-corrected chi connectivity index (χ2v) is 5.62. The van der Waals surface area contributed by atoms with Gasteiger partial charge in [0.1, 0.15) is 11.3 Å². The largest absolute Gasteiger partial charge is 0.497 e. The Morgan fingerprint density at radius 3 is 2.92 bits per heavy atom. The normalized spacial score (nSPS) is 12.3. The van der Waals surface area contributed by atoms with Gasteiger partial charge in [0.05, 0.1) is 7.11 Å². The molecule has 0 fully saturated rings. The molecular weight excluding hydrogens is 310 g/mol. The Labute approximate surface area is 139 Å². The van der Waals surface area contributed by atoms with Gasteiger partial charge in [-0.25, -0.2) is 0 Å². The first-order valence-corrected chi connectivity index (χ1v) is 7.75. The van der Waals surface area contributed by atoms with Crippen LogP contribution in [0.1, 0.15) is 36.5 Å². The van der Waals surface area contributed by atoms with Crippen LogP contribution in [0.25, 0.3) is 22.6 Å². The topological polar surface area (TPSA) is 90.4 Å². The van der Waals surface area contributed by atoms with Crippen molar-refractivity contribution in [2.45, 2.75) is 33.2 Å². The lowest BCUT2D eigenvalue weighted by Crippen LogP contribution is -2.32. The van der Waals surface area contributed by atoms with E-state index in [9.17, 15) is 4.79 Å². The summed E-state index contributed by atoms with van der Waals surface area (Å²) in [5.74, 6) is 0.988. The summed E-state index contributed by atoms with van der Waals surface area (Å²) in [5.41, 5.74) is 1.55. The second kappa shape index (κ2) is 6.35. The maximum Gasteiger partial charge on any atom is 0.316 e. The summed E-state index contributed by atoms with van der Waals surface area (Å²) >= 11 is 0. The molecule has 3 rings (SSSR count). The molecule has 1 unspecified atom stereocenters. The zero-order valence-corrected chi connectivity index (χ0v) is 14.0. The fourth-order valence-electron chi connectivity index (χ4n) is 2.34. The van der Waals surface area contributed by atoms with Gasteiger partial charge in [0, 0.05) is 17.0 Å². The molecule has 0 saturated heterocycles. The average Bonchev–Trinajstić information content (AvgIpc) is 3.19. The van der Waals surface area contributed by atoms with Crippen molar-refractivity contribution in [2.24, 2.45) is 0 Å². The van der Waals surface area contributed by atoms with E-state index in [2.05, 4.69) is 15.5 Å². The van der Waals surface area contributed by atoms with Crippen molar-refractivity contribution in [2.75, 3.05) is 7.11 Å². The summed E-state index contributed by atoms with van der Waals surface area (Å²) in [6, 6.07) is 5.56. The van der Waals surface area contributed by atoms with Crippen LogP contribution >= 0.6 is 0 Å². The van der Waals surface area contributed by atoms with Gasteiger partial charge in [-0.3, -0.25) is 4.79 Å². The summed E-state index contributed by atoms with van der Waals surface area (Å²) in [6.07, 6.45) is 0.817. The molecule has 1 amide bonds. The van der Waals surface area contributed by atoms with Crippen molar-refractivity contribution < 1.29 is 18.5 Å². The van der Waals surface area contributed by atoms with Crippen molar-refractivity contribution in [1.29, 1.82) is 0 Å².